The molecule has 0 rings (SSSR count). The first-order valence-corrected chi connectivity index (χ1v) is 2.63. The Morgan fingerprint density at radius 1 is 1.75 bits per heavy atom. The van der Waals surface area contributed by atoms with Gasteiger partial charge in [-0.15, -0.1) is 6.58 Å². The van der Waals surface area contributed by atoms with E-state index in [1.807, 2.05) is 0 Å². The average molecular weight is 116 g/mol. The van der Waals surface area contributed by atoms with Crippen LogP contribution in [0.15, 0.2) is 12.7 Å². The first-order valence-electron chi connectivity index (χ1n) is 2.63. The van der Waals surface area contributed by atoms with E-state index >= 15 is 0 Å². The van der Waals surface area contributed by atoms with Crippen molar-refractivity contribution in [1.82, 2.24) is 0 Å². The number of aliphatic hydroxyl groups is 2. The minimum atomic E-state index is -0.569. The molecule has 0 amide bonds. The first kappa shape index (κ1) is 7.66. The van der Waals surface area contributed by atoms with Gasteiger partial charge in [-0.1, -0.05) is 13.0 Å². The zero-order valence-electron chi connectivity index (χ0n) is 5.04. The summed E-state index contributed by atoms with van der Waals surface area (Å²) in [7, 11) is 0. The smallest absolute Gasteiger partial charge is 0.0765 e. The molecule has 0 radical (unpaired) electrons. The van der Waals surface area contributed by atoms with Gasteiger partial charge in [-0.3, -0.25) is 0 Å². The van der Waals surface area contributed by atoms with Gasteiger partial charge in [0, 0.05) is 12.5 Å². The van der Waals surface area contributed by atoms with Crippen molar-refractivity contribution in [2.75, 3.05) is 6.61 Å². The summed E-state index contributed by atoms with van der Waals surface area (Å²) >= 11 is 0. The van der Waals surface area contributed by atoms with E-state index in [0.29, 0.717) is 0 Å². The third kappa shape index (κ3) is 2.09. The van der Waals surface area contributed by atoms with Gasteiger partial charge < -0.3 is 10.2 Å². The number of hydrogen-bond acceptors (Lipinski definition) is 2. The van der Waals surface area contributed by atoms with Gasteiger partial charge >= 0.3 is 0 Å². The lowest BCUT2D eigenvalue weighted by Gasteiger charge is -2.10. The van der Waals surface area contributed by atoms with Crippen molar-refractivity contribution in [3.63, 3.8) is 0 Å². The van der Waals surface area contributed by atoms with Crippen molar-refractivity contribution >= 4 is 0 Å². The van der Waals surface area contributed by atoms with Crippen LogP contribution >= 0.6 is 0 Å². The van der Waals surface area contributed by atoms with E-state index in [1.54, 1.807) is 6.92 Å². The normalized spacial score (nSPS) is 17.4. The fraction of sp³-hybridized carbons (Fsp3) is 0.667. The van der Waals surface area contributed by atoms with E-state index in [1.165, 1.54) is 6.08 Å². The SMILES string of the molecule is C=C[C@@H](O)[C@H](C)CO. The Hall–Kier alpha value is -0.340. The van der Waals surface area contributed by atoms with Crippen LogP contribution in [-0.4, -0.2) is 22.9 Å². The van der Waals surface area contributed by atoms with E-state index in [-0.39, 0.29) is 12.5 Å². The van der Waals surface area contributed by atoms with Gasteiger partial charge in [-0.2, -0.15) is 0 Å². The summed E-state index contributed by atoms with van der Waals surface area (Å²) in [6, 6.07) is 0. The molecular formula is C6H12O2. The van der Waals surface area contributed by atoms with Gasteiger partial charge in [-0.05, 0) is 0 Å². The summed E-state index contributed by atoms with van der Waals surface area (Å²) < 4.78 is 0. The molecule has 2 atom stereocenters. The van der Waals surface area contributed by atoms with Gasteiger partial charge in [0.25, 0.3) is 0 Å². The van der Waals surface area contributed by atoms with Crippen LogP contribution in [0.5, 0.6) is 0 Å². The highest BCUT2D eigenvalue weighted by Gasteiger charge is 2.06. The van der Waals surface area contributed by atoms with E-state index in [2.05, 4.69) is 6.58 Å². The summed E-state index contributed by atoms with van der Waals surface area (Å²) in [5.74, 6) is -0.0903. The molecular weight excluding hydrogens is 104 g/mol. The maximum atomic E-state index is 8.85. The second-order valence-electron chi connectivity index (χ2n) is 1.89. The van der Waals surface area contributed by atoms with Crippen LogP contribution in [-0.2, 0) is 0 Å². The lowest BCUT2D eigenvalue weighted by molar-refractivity contribution is 0.112. The number of aliphatic hydroxyl groups excluding tert-OH is 2. The molecule has 0 fully saturated rings. The van der Waals surface area contributed by atoms with Crippen LogP contribution in [0.2, 0.25) is 0 Å². The monoisotopic (exact) mass is 116 g/mol. The van der Waals surface area contributed by atoms with Crippen LogP contribution in [0.1, 0.15) is 6.92 Å². The maximum Gasteiger partial charge on any atom is 0.0765 e. The Kier molecular flexibility index (Phi) is 3.48. The summed E-state index contributed by atoms with van der Waals surface area (Å²) in [6.07, 6.45) is 0.848. The third-order valence-corrected chi connectivity index (χ3v) is 1.11. The molecule has 0 bridgehead atoms. The van der Waals surface area contributed by atoms with E-state index in [4.69, 9.17) is 10.2 Å². The molecule has 0 aromatic heterocycles. The zero-order chi connectivity index (χ0) is 6.57. The van der Waals surface area contributed by atoms with Crippen molar-refractivity contribution in [3.8, 4) is 0 Å². The molecule has 0 unspecified atom stereocenters. The molecule has 0 aliphatic carbocycles. The van der Waals surface area contributed by atoms with Crippen molar-refractivity contribution in [1.29, 1.82) is 0 Å². The number of rotatable bonds is 3. The molecule has 48 valence electrons. The Morgan fingerprint density at radius 3 is 2.38 bits per heavy atom. The van der Waals surface area contributed by atoms with Crippen molar-refractivity contribution in [2.24, 2.45) is 5.92 Å². The molecule has 0 aromatic rings. The largest absolute Gasteiger partial charge is 0.396 e. The molecule has 0 saturated heterocycles. The zero-order valence-corrected chi connectivity index (χ0v) is 5.04. The lowest BCUT2D eigenvalue weighted by Crippen LogP contribution is -2.17. The second-order valence-corrected chi connectivity index (χ2v) is 1.89. The molecule has 0 spiro atoms. The minimum Gasteiger partial charge on any atom is -0.396 e. The van der Waals surface area contributed by atoms with E-state index in [0.717, 1.165) is 0 Å². The quantitative estimate of drug-likeness (QED) is 0.516. The highest BCUT2D eigenvalue weighted by atomic mass is 16.3. The molecule has 0 heterocycles. The van der Waals surface area contributed by atoms with Crippen LogP contribution in [0.3, 0.4) is 0 Å². The Labute approximate surface area is 49.5 Å². The maximum absolute atomic E-state index is 8.85. The van der Waals surface area contributed by atoms with Crippen LogP contribution in [0, 0.1) is 5.92 Å². The topological polar surface area (TPSA) is 40.5 Å². The molecule has 0 aliphatic heterocycles. The predicted molar refractivity (Wildman–Crippen MR) is 32.5 cm³/mol. The lowest BCUT2D eigenvalue weighted by atomic mass is 10.1. The van der Waals surface area contributed by atoms with Crippen molar-refractivity contribution in [3.05, 3.63) is 12.7 Å². The summed E-state index contributed by atoms with van der Waals surface area (Å²) in [4.78, 5) is 0. The molecule has 8 heavy (non-hydrogen) atoms. The highest BCUT2D eigenvalue weighted by molar-refractivity contribution is 4.81. The molecule has 0 aliphatic rings. The third-order valence-electron chi connectivity index (χ3n) is 1.11. The van der Waals surface area contributed by atoms with E-state index in [9.17, 15) is 0 Å². The van der Waals surface area contributed by atoms with Crippen LogP contribution < -0.4 is 0 Å². The minimum absolute atomic E-state index is 0.00713. The highest BCUT2D eigenvalue weighted by Crippen LogP contribution is 2.00. The Balaban J connectivity index is 3.44. The van der Waals surface area contributed by atoms with Gasteiger partial charge in [0.05, 0.1) is 6.10 Å². The second kappa shape index (κ2) is 3.64. The van der Waals surface area contributed by atoms with Gasteiger partial charge in [0.15, 0.2) is 0 Å². The number of hydrogen-bond donors (Lipinski definition) is 2. The van der Waals surface area contributed by atoms with Crippen LogP contribution in [0.4, 0.5) is 0 Å². The fourth-order valence-electron chi connectivity index (χ4n) is 0.340. The first-order chi connectivity index (χ1) is 3.72. The molecule has 2 nitrogen and oxygen atoms in total. The molecule has 0 saturated carbocycles. The fourth-order valence-corrected chi connectivity index (χ4v) is 0.340. The summed E-state index contributed by atoms with van der Waals surface area (Å²) in [6.45, 7) is 5.13. The standard InChI is InChI=1S/C6H12O2/c1-3-6(8)5(2)4-7/h3,5-8H,1,4H2,2H3/t5-,6-/m1/s1. The van der Waals surface area contributed by atoms with Gasteiger partial charge in [0.2, 0.25) is 0 Å². The Bertz CT molecular complexity index is 70.9. The summed E-state index contributed by atoms with van der Waals surface area (Å²) in [5.41, 5.74) is 0. The molecule has 2 N–H and O–H groups in total. The predicted octanol–water partition coefficient (Wildman–Crippen LogP) is 0.162. The van der Waals surface area contributed by atoms with Crippen molar-refractivity contribution in [2.45, 2.75) is 13.0 Å². The average Bonchev–Trinajstić information content (AvgIpc) is 1.84. The van der Waals surface area contributed by atoms with Crippen LogP contribution in [0.25, 0.3) is 0 Å². The molecule has 0 aromatic carbocycles. The van der Waals surface area contributed by atoms with Gasteiger partial charge in [-0.25, -0.2) is 0 Å². The van der Waals surface area contributed by atoms with Crippen molar-refractivity contribution < 1.29 is 10.2 Å². The Morgan fingerprint density at radius 2 is 2.25 bits per heavy atom. The van der Waals surface area contributed by atoms with Gasteiger partial charge in [0.1, 0.15) is 0 Å². The summed E-state index contributed by atoms with van der Waals surface area (Å²) in [5, 5.41) is 17.3. The van der Waals surface area contributed by atoms with E-state index < -0.39 is 6.10 Å². The molecule has 2 heteroatoms.